The molecule has 1 heterocycles. The fourth-order valence-electron chi connectivity index (χ4n) is 1.53. The van der Waals surface area contributed by atoms with Gasteiger partial charge in [0.25, 0.3) is 0 Å². The van der Waals surface area contributed by atoms with Crippen molar-refractivity contribution in [2.45, 2.75) is 5.92 Å². The lowest BCUT2D eigenvalue weighted by Gasteiger charge is -2.09. The molecule has 2 rings (SSSR count). The van der Waals surface area contributed by atoms with E-state index < -0.39 is 11.9 Å². The normalized spacial score (nSPS) is 12.3. The van der Waals surface area contributed by atoms with Gasteiger partial charge in [-0.1, -0.05) is 30.3 Å². The Morgan fingerprint density at radius 1 is 1.27 bits per heavy atom. The topological polar surface area (TPSA) is 66.0 Å². The van der Waals surface area contributed by atoms with E-state index >= 15 is 0 Å². The number of carbonyl (C=O) groups is 1. The van der Waals surface area contributed by atoms with Gasteiger partial charge < -0.3 is 5.11 Å². The number of aromatic amines is 1. The van der Waals surface area contributed by atoms with Crippen LogP contribution in [0.2, 0.25) is 0 Å². The van der Waals surface area contributed by atoms with Crippen molar-refractivity contribution < 1.29 is 9.90 Å². The van der Waals surface area contributed by atoms with Crippen LogP contribution in [0.3, 0.4) is 0 Å². The molecule has 0 aliphatic carbocycles. The zero-order valence-electron chi connectivity index (χ0n) is 7.92. The summed E-state index contributed by atoms with van der Waals surface area (Å²) in [6.07, 6.45) is 1.55. The first-order chi connectivity index (χ1) is 7.29. The minimum absolute atomic E-state index is 0.591. The number of aromatic nitrogens is 2. The second-order valence-electron chi connectivity index (χ2n) is 3.19. The van der Waals surface area contributed by atoms with Gasteiger partial charge >= 0.3 is 5.97 Å². The molecule has 4 heteroatoms. The lowest BCUT2D eigenvalue weighted by Crippen LogP contribution is -2.13. The van der Waals surface area contributed by atoms with Crippen molar-refractivity contribution >= 4 is 5.97 Å². The summed E-state index contributed by atoms with van der Waals surface area (Å²) in [5.41, 5.74) is 1.34. The summed E-state index contributed by atoms with van der Waals surface area (Å²) in [6, 6.07) is 10.8. The number of rotatable bonds is 3. The number of hydrogen-bond acceptors (Lipinski definition) is 2. The van der Waals surface area contributed by atoms with E-state index in [-0.39, 0.29) is 0 Å². The molecular formula is C11H10N2O2. The summed E-state index contributed by atoms with van der Waals surface area (Å²) in [6.45, 7) is 0. The highest BCUT2D eigenvalue weighted by atomic mass is 16.4. The number of nitrogens with one attached hydrogen (secondary N) is 1. The first kappa shape index (κ1) is 9.45. The molecule has 0 aliphatic heterocycles. The Kier molecular flexibility index (Phi) is 2.49. The quantitative estimate of drug-likeness (QED) is 0.794. The van der Waals surface area contributed by atoms with Crippen LogP contribution in [0.5, 0.6) is 0 Å². The third kappa shape index (κ3) is 1.88. The monoisotopic (exact) mass is 202 g/mol. The maximum Gasteiger partial charge on any atom is 0.317 e. The van der Waals surface area contributed by atoms with Crippen LogP contribution in [0.1, 0.15) is 17.2 Å². The van der Waals surface area contributed by atoms with Crippen molar-refractivity contribution in [3.05, 3.63) is 53.9 Å². The van der Waals surface area contributed by atoms with Crippen molar-refractivity contribution in [3.8, 4) is 0 Å². The first-order valence-electron chi connectivity index (χ1n) is 4.56. The van der Waals surface area contributed by atoms with Crippen LogP contribution in [0.4, 0.5) is 0 Å². The number of nitrogens with zero attached hydrogens (tertiary/aromatic N) is 1. The van der Waals surface area contributed by atoms with Crippen LogP contribution >= 0.6 is 0 Å². The van der Waals surface area contributed by atoms with Gasteiger partial charge in [0, 0.05) is 6.20 Å². The molecule has 1 aromatic carbocycles. The molecule has 0 saturated heterocycles. The van der Waals surface area contributed by atoms with Gasteiger partial charge in [-0.15, -0.1) is 0 Å². The second kappa shape index (κ2) is 3.96. The molecule has 0 spiro atoms. The Morgan fingerprint density at radius 2 is 2.00 bits per heavy atom. The summed E-state index contributed by atoms with van der Waals surface area (Å²) < 4.78 is 0. The molecular weight excluding hydrogens is 192 g/mol. The standard InChI is InChI=1S/C11H10N2O2/c14-11(15)10(9-6-7-12-13-9)8-4-2-1-3-5-8/h1-7,10H,(H,12,13)(H,14,15). The Balaban J connectivity index is 2.42. The zero-order valence-corrected chi connectivity index (χ0v) is 7.92. The maximum atomic E-state index is 11.2. The fourth-order valence-corrected chi connectivity index (χ4v) is 1.53. The van der Waals surface area contributed by atoms with Crippen molar-refractivity contribution in [2.75, 3.05) is 0 Å². The number of hydrogen-bond donors (Lipinski definition) is 2. The van der Waals surface area contributed by atoms with Crippen LogP contribution in [-0.2, 0) is 4.79 Å². The average molecular weight is 202 g/mol. The molecule has 0 fully saturated rings. The van der Waals surface area contributed by atoms with Crippen LogP contribution in [0.25, 0.3) is 0 Å². The Bertz CT molecular complexity index is 437. The molecule has 2 N–H and O–H groups in total. The number of carboxylic acid groups (broad SMARTS) is 1. The second-order valence-corrected chi connectivity index (χ2v) is 3.19. The average Bonchev–Trinajstić information content (AvgIpc) is 2.72. The molecule has 1 atom stereocenters. The molecule has 4 nitrogen and oxygen atoms in total. The predicted molar refractivity (Wildman–Crippen MR) is 54.5 cm³/mol. The summed E-state index contributed by atoms with van der Waals surface area (Å²) in [5, 5.41) is 15.6. The number of H-pyrrole nitrogens is 1. The van der Waals surface area contributed by atoms with Gasteiger partial charge in [0.15, 0.2) is 0 Å². The van der Waals surface area contributed by atoms with Gasteiger partial charge in [0.2, 0.25) is 0 Å². The Hall–Kier alpha value is -2.10. The van der Waals surface area contributed by atoms with Crippen molar-refractivity contribution in [2.24, 2.45) is 0 Å². The van der Waals surface area contributed by atoms with Crippen molar-refractivity contribution in [1.82, 2.24) is 10.2 Å². The highest BCUT2D eigenvalue weighted by Crippen LogP contribution is 2.22. The van der Waals surface area contributed by atoms with Gasteiger partial charge in [-0.25, -0.2) is 0 Å². The van der Waals surface area contributed by atoms with Gasteiger partial charge in [-0.05, 0) is 11.6 Å². The van der Waals surface area contributed by atoms with E-state index in [1.165, 1.54) is 0 Å². The van der Waals surface area contributed by atoms with Gasteiger partial charge in [0.1, 0.15) is 5.92 Å². The molecule has 1 unspecified atom stereocenters. The summed E-state index contributed by atoms with van der Waals surface area (Å²) in [5.74, 6) is -1.56. The zero-order chi connectivity index (χ0) is 10.7. The van der Waals surface area contributed by atoms with Gasteiger partial charge in [-0.3, -0.25) is 9.89 Å². The molecule has 0 saturated carbocycles. The third-order valence-electron chi connectivity index (χ3n) is 2.21. The van der Waals surface area contributed by atoms with E-state index in [2.05, 4.69) is 10.2 Å². The summed E-state index contributed by atoms with van der Waals surface area (Å²) >= 11 is 0. The molecule has 0 radical (unpaired) electrons. The van der Waals surface area contributed by atoms with Crippen LogP contribution < -0.4 is 0 Å². The minimum Gasteiger partial charge on any atom is -0.480 e. The minimum atomic E-state index is -0.884. The smallest absolute Gasteiger partial charge is 0.317 e. The summed E-state index contributed by atoms with van der Waals surface area (Å²) in [7, 11) is 0. The highest BCUT2D eigenvalue weighted by Gasteiger charge is 2.22. The van der Waals surface area contributed by atoms with E-state index in [4.69, 9.17) is 5.11 Å². The van der Waals surface area contributed by atoms with E-state index in [0.717, 1.165) is 5.56 Å². The molecule has 0 amide bonds. The predicted octanol–water partition coefficient (Wildman–Crippen LogP) is 1.63. The van der Waals surface area contributed by atoms with Crippen LogP contribution in [0, 0.1) is 0 Å². The lowest BCUT2D eigenvalue weighted by molar-refractivity contribution is -0.137. The third-order valence-corrected chi connectivity index (χ3v) is 2.21. The number of carboxylic acids is 1. The van der Waals surface area contributed by atoms with Crippen molar-refractivity contribution in [3.63, 3.8) is 0 Å². The molecule has 76 valence electrons. The fraction of sp³-hybridized carbons (Fsp3) is 0.0909. The van der Waals surface area contributed by atoms with E-state index in [1.807, 2.05) is 18.2 Å². The molecule has 0 aliphatic rings. The first-order valence-corrected chi connectivity index (χ1v) is 4.56. The molecule has 0 bridgehead atoms. The van der Waals surface area contributed by atoms with Gasteiger partial charge in [0.05, 0.1) is 5.69 Å². The van der Waals surface area contributed by atoms with E-state index in [9.17, 15) is 4.79 Å². The molecule has 2 aromatic rings. The largest absolute Gasteiger partial charge is 0.480 e. The molecule has 15 heavy (non-hydrogen) atoms. The lowest BCUT2D eigenvalue weighted by atomic mass is 9.96. The van der Waals surface area contributed by atoms with Crippen LogP contribution in [0.15, 0.2) is 42.6 Å². The van der Waals surface area contributed by atoms with E-state index in [0.29, 0.717) is 5.69 Å². The number of aliphatic carboxylic acids is 1. The molecule has 1 aromatic heterocycles. The van der Waals surface area contributed by atoms with Gasteiger partial charge in [-0.2, -0.15) is 5.10 Å². The highest BCUT2D eigenvalue weighted by molar-refractivity contribution is 5.79. The Labute approximate surface area is 86.6 Å². The van der Waals surface area contributed by atoms with Crippen LogP contribution in [-0.4, -0.2) is 21.3 Å². The Morgan fingerprint density at radius 3 is 2.53 bits per heavy atom. The van der Waals surface area contributed by atoms with Crippen molar-refractivity contribution in [1.29, 1.82) is 0 Å². The summed E-state index contributed by atoms with van der Waals surface area (Å²) in [4.78, 5) is 11.2. The number of benzene rings is 1. The SMILES string of the molecule is O=C(O)C(c1ccccc1)c1ccn[nH]1. The maximum absolute atomic E-state index is 11.2. The van der Waals surface area contributed by atoms with E-state index in [1.54, 1.807) is 24.4 Å².